The van der Waals surface area contributed by atoms with E-state index >= 15 is 0 Å². The predicted molar refractivity (Wildman–Crippen MR) is 107 cm³/mol. The molecule has 0 fully saturated rings. The molecule has 0 aliphatic heterocycles. The van der Waals surface area contributed by atoms with Crippen LogP contribution in [-0.2, 0) is 4.79 Å². The summed E-state index contributed by atoms with van der Waals surface area (Å²) in [4.78, 5) is 11.0. The van der Waals surface area contributed by atoms with E-state index in [0.717, 1.165) is 28.6 Å². The van der Waals surface area contributed by atoms with Crippen molar-refractivity contribution in [1.29, 1.82) is 0 Å². The zero-order valence-electron chi connectivity index (χ0n) is 16.2. The van der Waals surface area contributed by atoms with Crippen LogP contribution in [-0.4, -0.2) is 6.29 Å². The Morgan fingerprint density at radius 1 is 0.778 bits per heavy atom. The summed E-state index contributed by atoms with van der Waals surface area (Å²) in [5.74, 6) is 0.198. The molecule has 2 rings (SSSR count). The average molecular weight is 368 g/mol. The van der Waals surface area contributed by atoms with Crippen molar-refractivity contribution in [1.82, 2.24) is 0 Å². The number of halogens is 2. The molecule has 0 aliphatic carbocycles. The van der Waals surface area contributed by atoms with Gasteiger partial charge in [0, 0.05) is 0 Å². The molecule has 0 N–H and O–H groups in total. The van der Waals surface area contributed by atoms with Crippen LogP contribution in [0, 0.1) is 29.4 Å². The lowest BCUT2D eigenvalue weighted by Crippen LogP contribution is -2.19. The summed E-state index contributed by atoms with van der Waals surface area (Å²) in [5, 5.41) is 0. The number of carbonyl (C=O) groups is 1. The van der Waals surface area contributed by atoms with Gasteiger partial charge in [-0.1, -0.05) is 58.0 Å². The fraction of sp³-hybridized carbons (Fsp3) is 0.292. The van der Waals surface area contributed by atoms with Gasteiger partial charge in [0.15, 0.2) is 0 Å². The second-order valence-electron chi connectivity index (χ2n) is 7.35. The molecular formula is C24H26F2O. The van der Waals surface area contributed by atoms with Crippen LogP contribution in [0.1, 0.15) is 38.8 Å². The van der Waals surface area contributed by atoms with E-state index in [1.807, 2.05) is 6.08 Å². The van der Waals surface area contributed by atoms with E-state index in [-0.39, 0.29) is 17.6 Å². The molecule has 2 aromatic carbocycles. The highest BCUT2D eigenvalue weighted by molar-refractivity contribution is 5.84. The van der Waals surface area contributed by atoms with Gasteiger partial charge in [-0.2, -0.15) is 0 Å². The van der Waals surface area contributed by atoms with Crippen LogP contribution in [0.25, 0.3) is 5.57 Å². The van der Waals surface area contributed by atoms with E-state index in [2.05, 4.69) is 27.7 Å². The van der Waals surface area contributed by atoms with Crippen LogP contribution in [0.15, 0.2) is 66.3 Å². The largest absolute Gasteiger partial charge is 0.299 e. The molecule has 3 heteroatoms. The van der Waals surface area contributed by atoms with E-state index < -0.39 is 0 Å². The third-order valence-electron chi connectivity index (χ3n) is 4.70. The van der Waals surface area contributed by atoms with Gasteiger partial charge in [-0.15, -0.1) is 0 Å². The molecule has 0 unspecified atom stereocenters. The van der Waals surface area contributed by atoms with E-state index in [1.165, 1.54) is 30.3 Å². The number of rotatable bonds is 7. The van der Waals surface area contributed by atoms with Crippen molar-refractivity contribution >= 4 is 11.9 Å². The Bertz CT molecular complexity index is 757. The van der Waals surface area contributed by atoms with E-state index in [9.17, 15) is 13.6 Å². The summed E-state index contributed by atoms with van der Waals surface area (Å²) in [6.07, 6.45) is 4.07. The van der Waals surface area contributed by atoms with Crippen molar-refractivity contribution in [2.45, 2.75) is 27.7 Å². The molecule has 27 heavy (non-hydrogen) atoms. The molecule has 0 saturated carbocycles. The number of carbonyl (C=O) groups excluding carboxylic acids is 1. The number of hydrogen-bond donors (Lipinski definition) is 0. The second-order valence-corrected chi connectivity index (χ2v) is 7.35. The van der Waals surface area contributed by atoms with Gasteiger partial charge >= 0.3 is 0 Å². The average Bonchev–Trinajstić information content (AvgIpc) is 2.62. The normalized spacial score (nSPS) is 11.6. The first kappa shape index (κ1) is 20.8. The predicted octanol–water partition coefficient (Wildman–Crippen LogP) is 6.45. The topological polar surface area (TPSA) is 17.1 Å². The zero-order chi connectivity index (χ0) is 20.0. The van der Waals surface area contributed by atoms with Gasteiger partial charge < -0.3 is 0 Å². The van der Waals surface area contributed by atoms with Gasteiger partial charge in [0.05, 0.1) is 0 Å². The molecule has 0 radical (unpaired) electrons. The first-order valence-electron chi connectivity index (χ1n) is 9.23. The van der Waals surface area contributed by atoms with Crippen molar-refractivity contribution in [3.8, 4) is 0 Å². The summed E-state index contributed by atoms with van der Waals surface area (Å²) >= 11 is 0. The summed E-state index contributed by atoms with van der Waals surface area (Å²) < 4.78 is 27.0. The number of allylic oxidation sites excluding steroid dienone is 3. The minimum absolute atomic E-state index is 0.173. The minimum Gasteiger partial charge on any atom is -0.299 e. The fourth-order valence-corrected chi connectivity index (χ4v) is 3.73. The molecule has 0 saturated heterocycles. The number of benzene rings is 2. The van der Waals surface area contributed by atoms with Gasteiger partial charge in [0.25, 0.3) is 0 Å². The van der Waals surface area contributed by atoms with E-state index in [1.54, 1.807) is 24.3 Å². The molecule has 142 valence electrons. The summed E-state index contributed by atoms with van der Waals surface area (Å²) in [5.41, 5.74) is 3.55. The maximum absolute atomic E-state index is 13.5. The molecule has 0 spiro atoms. The Morgan fingerprint density at radius 2 is 1.19 bits per heavy atom. The van der Waals surface area contributed by atoms with Crippen LogP contribution in [0.2, 0.25) is 0 Å². The SMILES string of the molecule is CC(C)C(C(C=CC=O)=C(c1ccc(F)cc1)c1ccc(F)cc1)C(C)C. The molecule has 0 heterocycles. The smallest absolute Gasteiger partial charge is 0.142 e. The lowest BCUT2D eigenvalue weighted by molar-refractivity contribution is -0.104. The Balaban J connectivity index is 2.84. The first-order chi connectivity index (χ1) is 12.8. The third kappa shape index (κ3) is 5.22. The van der Waals surface area contributed by atoms with Crippen LogP contribution in [0.5, 0.6) is 0 Å². The highest BCUT2D eigenvalue weighted by Crippen LogP contribution is 2.38. The van der Waals surface area contributed by atoms with Crippen molar-refractivity contribution in [2.75, 3.05) is 0 Å². The van der Waals surface area contributed by atoms with Crippen molar-refractivity contribution in [3.05, 3.63) is 89.0 Å². The van der Waals surface area contributed by atoms with Gasteiger partial charge in [0.1, 0.15) is 17.9 Å². The van der Waals surface area contributed by atoms with Crippen LogP contribution in [0.4, 0.5) is 8.78 Å². The lowest BCUT2D eigenvalue weighted by Gasteiger charge is -2.29. The Kier molecular flexibility index (Phi) is 7.23. The Morgan fingerprint density at radius 3 is 1.52 bits per heavy atom. The summed E-state index contributed by atoms with van der Waals surface area (Å²) in [6, 6.07) is 12.6. The molecule has 0 atom stereocenters. The molecule has 0 bridgehead atoms. The lowest BCUT2D eigenvalue weighted by atomic mass is 9.75. The van der Waals surface area contributed by atoms with Gasteiger partial charge in [-0.05, 0) is 70.4 Å². The van der Waals surface area contributed by atoms with Crippen molar-refractivity contribution in [2.24, 2.45) is 17.8 Å². The number of hydrogen-bond acceptors (Lipinski definition) is 1. The van der Waals surface area contributed by atoms with Crippen molar-refractivity contribution < 1.29 is 13.6 Å². The monoisotopic (exact) mass is 368 g/mol. The Hall–Kier alpha value is -2.55. The molecule has 0 aromatic heterocycles. The fourth-order valence-electron chi connectivity index (χ4n) is 3.73. The van der Waals surface area contributed by atoms with E-state index in [0.29, 0.717) is 11.8 Å². The molecular weight excluding hydrogens is 342 g/mol. The first-order valence-corrected chi connectivity index (χ1v) is 9.23. The molecule has 2 aromatic rings. The molecule has 0 aliphatic rings. The third-order valence-corrected chi connectivity index (χ3v) is 4.70. The zero-order valence-corrected chi connectivity index (χ0v) is 16.2. The second kappa shape index (κ2) is 9.40. The standard InChI is InChI=1S/C24H26F2O/c1-16(2)23(17(3)4)22(6-5-15-27)24(18-7-11-20(25)12-8-18)19-9-13-21(26)14-10-19/h5-17,23H,1-4H3. The van der Waals surface area contributed by atoms with Gasteiger partial charge in [-0.25, -0.2) is 8.78 Å². The van der Waals surface area contributed by atoms with E-state index in [4.69, 9.17) is 0 Å². The van der Waals surface area contributed by atoms with Gasteiger partial charge in [-0.3, -0.25) is 4.79 Å². The minimum atomic E-state index is -0.313. The highest BCUT2D eigenvalue weighted by atomic mass is 19.1. The Labute approximate surface area is 160 Å². The maximum Gasteiger partial charge on any atom is 0.142 e. The van der Waals surface area contributed by atoms with Gasteiger partial charge in [0.2, 0.25) is 0 Å². The van der Waals surface area contributed by atoms with Crippen LogP contribution < -0.4 is 0 Å². The van der Waals surface area contributed by atoms with Crippen molar-refractivity contribution in [3.63, 3.8) is 0 Å². The molecule has 1 nitrogen and oxygen atoms in total. The quantitative estimate of drug-likeness (QED) is 0.312. The molecule has 0 amide bonds. The summed E-state index contributed by atoms with van der Waals surface area (Å²) in [7, 11) is 0. The number of aldehydes is 1. The maximum atomic E-state index is 13.5. The van der Waals surface area contributed by atoms with Crippen LogP contribution in [0.3, 0.4) is 0 Å². The van der Waals surface area contributed by atoms with Crippen LogP contribution >= 0.6 is 0 Å². The highest BCUT2D eigenvalue weighted by Gasteiger charge is 2.24. The summed E-state index contributed by atoms with van der Waals surface area (Å²) in [6.45, 7) is 8.58.